The van der Waals surface area contributed by atoms with Gasteiger partial charge < -0.3 is 14.6 Å². The zero-order valence-corrected chi connectivity index (χ0v) is 27.5. The lowest BCUT2D eigenvalue weighted by Crippen LogP contribution is -2.25. The zero-order chi connectivity index (χ0) is 30.5. The van der Waals surface area contributed by atoms with Crippen LogP contribution in [0.25, 0.3) is 0 Å². The van der Waals surface area contributed by atoms with Crippen molar-refractivity contribution in [3.63, 3.8) is 0 Å². The summed E-state index contributed by atoms with van der Waals surface area (Å²) in [5.74, 6) is 2.77. The van der Waals surface area contributed by atoms with Gasteiger partial charge >= 0.3 is 11.9 Å². The number of hydrogen-bond donors (Lipinski definition) is 1. The molecule has 1 aromatic rings. The summed E-state index contributed by atoms with van der Waals surface area (Å²) in [5.41, 5.74) is 2.39. The molecule has 1 N–H and O–H groups in total. The van der Waals surface area contributed by atoms with Crippen LogP contribution >= 0.6 is 0 Å². The van der Waals surface area contributed by atoms with Crippen LogP contribution in [0.3, 0.4) is 0 Å². The Labute approximate surface area is 245 Å². The molecule has 0 saturated carbocycles. The number of esters is 2. The van der Waals surface area contributed by atoms with Gasteiger partial charge in [-0.05, 0) is 81.4 Å². The van der Waals surface area contributed by atoms with Gasteiger partial charge in [-0.2, -0.15) is 0 Å². The molecule has 0 amide bonds. The molecular formula is C35H60O5. The first-order valence-electron chi connectivity index (χ1n) is 16.0. The van der Waals surface area contributed by atoms with Crippen molar-refractivity contribution in [1.82, 2.24) is 0 Å². The Morgan fingerprint density at radius 2 is 1.15 bits per heavy atom. The van der Waals surface area contributed by atoms with Crippen molar-refractivity contribution < 1.29 is 24.2 Å². The van der Waals surface area contributed by atoms with Crippen LogP contribution in [0.4, 0.5) is 0 Å². The third-order valence-corrected chi connectivity index (χ3v) is 8.52. The molecule has 0 aromatic heterocycles. The number of hydrogen-bond acceptors (Lipinski definition) is 5. The standard InChI is InChI=1S/C35H60O5/c1-11-31(36)39-33-27(7)28(8)34(40-32(37)12-2)30(29(33)9)21-23-35(10,38)22-15-20-26(6)19-14-18-25(5)17-13-16-24(3)4/h24-26,38H,11-23H2,1-10H3/t25-,26-,35?/m1/s1. The minimum atomic E-state index is -0.831. The van der Waals surface area contributed by atoms with E-state index >= 15 is 0 Å². The molecule has 0 fully saturated rings. The number of carbonyl (C=O) groups is 2. The second kappa shape index (κ2) is 17.8. The highest BCUT2D eigenvalue weighted by molar-refractivity contribution is 5.76. The Morgan fingerprint density at radius 3 is 1.65 bits per heavy atom. The van der Waals surface area contributed by atoms with Gasteiger partial charge in [0.25, 0.3) is 0 Å². The van der Waals surface area contributed by atoms with Gasteiger partial charge in [0.15, 0.2) is 0 Å². The van der Waals surface area contributed by atoms with Crippen LogP contribution in [-0.2, 0) is 16.0 Å². The van der Waals surface area contributed by atoms with Crippen LogP contribution in [0.15, 0.2) is 0 Å². The highest BCUT2D eigenvalue weighted by Crippen LogP contribution is 2.40. The van der Waals surface area contributed by atoms with E-state index in [1.54, 1.807) is 13.8 Å². The molecule has 0 saturated heterocycles. The predicted molar refractivity (Wildman–Crippen MR) is 166 cm³/mol. The number of carbonyl (C=O) groups excluding carboxylic acids is 2. The Bertz CT molecular complexity index is 930. The first-order chi connectivity index (χ1) is 18.7. The molecule has 0 radical (unpaired) electrons. The molecule has 230 valence electrons. The molecule has 5 nitrogen and oxygen atoms in total. The fraction of sp³-hybridized carbons (Fsp3) is 0.771. The van der Waals surface area contributed by atoms with Crippen LogP contribution < -0.4 is 9.47 Å². The fourth-order valence-electron chi connectivity index (χ4n) is 5.45. The maximum atomic E-state index is 12.2. The molecule has 3 atom stereocenters. The summed E-state index contributed by atoms with van der Waals surface area (Å²) >= 11 is 0. The van der Waals surface area contributed by atoms with Gasteiger partial charge in [-0.25, -0.2) is 0 Å². The molecule has 0 aliphatic heterocycles. The summed E-state index contributed by atoms with van der Waals surface area (Å²) in [4.78, 5) is 24.4. The third kappa shape index (κ3) is 12.7. The summed E-state index contributed by atoms with van der Waals surface area (Å²) in [5, 5.41) is 11.3. The van der Waals surface area contributed by atoms with Crippen LogP contribution in [0.5, 0.6) is 11.5 Å². The highest BCUT2D eigenvalue weighted by atomic mass is 16.5. The van der Waals surface area contributed by atoms with Gasteiger partial charge in [0.2, 0.25) is 0 Å². The van der Waals surface area contributed by atoms with Gasteiger partial charge in [0.05, 0.1) is 5.60 Å². The topological polar surface area (TPSA) is 72.8 Å². The van der Waals surface area contributed by atoms with E-state index < -0.39 is 5.60 Å². The maximum absolute atomic E-state index is 12.2. The molecule has 40 heavy (non-hydrogen) atoms. The van der Waals surface area contributed by atoms with Crippen LogP contribution in [0.1, 0.15) is 148 Å². The van der Waals surface area contributed by atoms with E-state index in [0.717, 1.165) is 53.4 Å². The number of benzene rings is 1. The molecule has 0 heterocycles. The van der Waals surface area contributed by atoms with Crippen molar-refractivity contribution in [2.75, 3.05) is 0 Å². The van der Waals surface area contributed by atoms with Crippen LogP contribution in [0.2, 0.25) is 0 Å². The highest BCUT2D eigenvalue weighted by Gasteiger charge is 2.26. The normalized spacial score (nSPS) is 14.6. The van der Waals surface area contributed by atoms with Crippen molar-refractivity contribution >= 4 is 11.9 Å². The second-order valence-corrected chi connectivity index (χ2v) is 13.0. The summed E-state index contributed by atoms with van der Waals surface area (Å²) in [6, 6.07) is 0. The lowest BCUT2D eigenvalue weighted by Gasteiger charge is -2.26. The van der Waals surface area contributed by atoms with E-state index in [2.05, 4.69) is 27.7 Å². The van der Waals surface area contributed by atoms with Crippen molar-refractivity contribution in [2.45, 2.75) is 158 Å². The molecule has 0 bridgehead atoms. The molecule has 0 spiro atoms. The van der Waals surface area contributed by atoms with Gasteiger partial charge in [-0.15, -0.1) is 0 Å². The smallest absolute Gasteiger partial charge is 0.310 e. The van der Waals surface area contributed by atoms with Crippen molar-refractivity contribution in [3.8, 4) is 11.5 Å². The average Bonchev–Trinajstić information content (AvgIpc) is 2.88. The first-order valence-corrected chi connectivity index (χ1v) is 16.0. The Morgan fingerprint density at radius 1 is 0.700 bits per heavy atom. The van der Waals surface area contributed by atoms with Crippen LogP contribution in [0, 0.1) is 38.5 Å². The molecule has 1 rings (SSSR count). The van der Waals surface area contributed by atoms with E-state index in [-0.39, 0.29) is 24.8 Å². The Hall–Kier alpha value is -1.88. The summed E-state index contributed by atoms with van der Waals surface area (Å²) in [6.07, 6.45) is 12.4. The summed E-state index contributed by atoms with van der Waals surface area (Å²) in [6.45, 7) is 20.5. The second-order valence-electron chi connectivity index (χ2n) is 13.0. The quantitative estimate of drug-likeness (QED) is 0.135. The largest absolute Gasteiger partial charge is 0.426 e. The van der Waals surface area contributed by atoms with Crippen molar-refractivity contribution in [1.29, 1.82) is 0 Å². The van der Waals surface area contributed by atoms with Crippen LogP contribution in [-0.4, -0.2) is 22.6 Å². The third-order valence-electron chi connectivity index (χ3n) is 8.52. The molecular weight excluding hydrogens is 500 g/mol. The van der Waals surface area contributed by atoms with Gasteiger partial charge in [-0.1, -0.05) is 92.9 Å². The summed E-state index contributed by atoms with van der Waals surface area (Å²) < 4.78 is 11.5. The molecule has 0 aliphatic rings. The zero-order valence-electron chi connectivity index (χ0n) is 27.5. The van der Waals surface area contributed by atoms with Gasteiger partial charge in [-0.3, -0.25) is 9.59 Å². The van der Waals surface area contributed by atoms with Gasteiger partial charge in [0.1, 0.15) is 11.5 Å². The molecule has 5 heteroatoms. The Kier molecular flexibility index (Phi) is 16.1. The number of ether oxygens (including phenoxy) is 2. The van der Waals surface area contributed by atoms with E-state index in [1.807, 2.05) is 27.7 Å². The fourth-order valence-corrected chi connectivity index (χ4v) is 5.45. The van der Waals surface area contributed by atoms with Gasteiger partial charge in [0, 0.05) is 18.4 Å². The van der Waals surface area contributed by atoms with E-state index in [9.17, 15) is 14.7 Å². The average molecular weight is 561 g/mol. The minimum Gasteiger partial charge on any atom is -0.426 e. The van der Waals surface area contributed by atoms with E-state index in [1.165, 1.54) is 38.5 Å². The van der Waals surface area contributed by atoms with E-state index in [4.69, 9.17) is 9.47 Å². The molecule has 1 aromatic carbocycles. The lowest BCUT2D eigenvalue weighted by atomic mass is 9.86. The molecule has 0 aliphatic carbocycles. The predicted octanol–water partition coefficient (Wildman–Crippen LogP) is 9.37. The number of aliphatic hydroxyl groups is 1. The SMILES string of the molecule is CCC(=O)Oc1c(C)c(C)c(OC(=O)CC)c(CCC(C)(O)CCC[C@H](C)CCC[C@H](C)CCCC(C)C)c1C. The number of rotatable bonds is 19. The van der Waals surface area contributed by atoms with E-state index in [0.29, 0.717) is 30.3 Å². The van der Waals surface area contributed by atoms with Crippen molar-refractivity contribution in [3.05, 3.63) is 22.3 Å². The molecule has 1 unspecified atom stereocenters. The Balaban J connectivity index is 2.76. The first kappa shape index (κ1) is 36.1. The summed E-state index contributed by atoms with van der Waals surface area (Å²) in [7, 11) is 0. The monoisotopic (exact) mass is 560 g/mol. The maximum Gasteiger partial charge on any atom is 0.310 e. The van der Waals surface area contributed by atoms with Crippen molar-refractivity contribution in [2.24, 2.45) is 17.8 Å². The lowest BCUT2D eigenvalue weighted by molar-refractivity contribution is -0.135. The minimum absolute atomic E-state index is 0.274.